The van der Waals surface area contributed by atoms with E-state index in [4.69, 9.17) is 0 Å². The predicted octanol–water partition coefficient (Wildman–Crippen LogP) is 4.87. The molecule has 1 saturated heterocycles. The number of nitrogens with zero attached hydrogens (tertiary/aromatic N) is 5. The summed E-state index contributed by atoms with van der Waals surface area (Å²) in [6, 6.07) is 7.83. The van der Waals surface area contributed by atoms with Gasteiger partial charge in [-0.15, -0.1) is 0 Å². The van der Waals surface area contributed by atoms with Crippen molar-refractivity contribution in [3.05, 3.63) is 48.2 Å². The fourth-order valence-corrected chi connectivity index (χ4v) is 3.84. The van der Waals surface area contributed by atoms with Crippen LogP contribution in [0, 0.1) is 12.7 Å². The van der Waals surface area contributed by atoms with Gasteiger partial charge in [0.1, 0.15) is 0 Å². The van der Waals surface area contributed by atoms with Crippen molar-refractivity contribution in [1.82, 2.24) is 24.5 Å². The van der Waals surface area contributed by atoms with Crippen molar-refractivity contribution in [3.63, 3.8) is 0 Å². The van der Waals surface area contributed by atoms with E-state index in [9.17, 15) is 4.39 Å². The highest BCUT2D eigenvalue weighted by Crippen LogP contribution is 2.29. The van der Waals surface area contributed by atoms with Gasteiger partial charge in [-0.2, -0.15) is 5.10 Å². The third-order valence-electron chi connectivity index (χ3n) is 5.21. The Morgan fingerprint density at radius 1 is 1.03 bits per heavy atom. The number of aromatic nitrogens is 4. The van der Waals surface area contributed by atoms with Crippen molar-refractivity contribution in [2.45, 2.75) is 34.6 Å². The van der Waals surface area contributed by atoms with Gasteiger partial charge in [0.15, 0.2) is 17.3 Å². The number of imidazole rings is 1. The Morgan fingerprint density at radius 2 is 1.75 bits per heavy atom. The van der Waals surface area contributed by atoms with Crippen LogP contribution in [0.3, 0.4) is 0 Å². The van der Waals surface area contributed by atoms with E-state index in [1.165, 1.54) is 11.8 Å². The van der Waals surface area contributed by atoms with E-state index in [0.717, 1.165) is 42.8 Å². The second kappa shape index (κ2) is 10.5. The Hall–Kier alpha value is -3.13. The molecule has 0 unspecified atom stereocenters. The molecule has 1 aliphatic rings. The number of piperazine rings is 1. The van der Waals surface area contributed by atoms with Crippen molar-refractivity contribution in [1.29, 1.82) is 0 Å². The second-order valence-electron chi connectivity index (χ2n) is 7.23. The van der Waals surface area contributed by atoms with Gasteiger partial charge in [-0.25, -0.2) is 9.37 Å². The zero-order chi connectivity index (χ0) is 23.3. The molecule has 0 spiro atoms. The number of pyridine rings is 1. The highest BCUT2D eigenvalue weighted by molar-refractivity contribution is 5.94. The first kappa shape index (κ1) is 23.5. The Kier molecular flexibility index (Phi) is 7.69. The molecule has 0 amide bonds. The van der Waals surface area contributed by atoms with Crippen LogP contribution in [0.5, 0.6) is 0 Å². The summed E-state index contributed by atoms with van der Waals surface area (Å²) in [7, 11) is 1.93. The molecule has 8 heteroatoms. The highest BCUT2D eigenvalue weighted by Gasteiger charge is 2.15. The van der Waals surface area contributed by atoms with Crippen LogP contribution in [-0.4, -0.2) is 45.3 Å². The van der Waals surface area contributed by atoms with E-state index in [-0.39, 0.29) is 5.82 Å². The van der Waals surface area contributed by atoms with Gasteiger partial charge in [0.2, 0.25) is 0 Å². The minimum absolute atomic E-state index is 0.328. The molecule has 1 aromatic carbocycles. The monoisotopic (exact) mass is 439 g/mol. The molecule has 0 bridgehead atoms. The Morgan fingerprint density at radius 3 is 2.47 bits per heavy atom. The molecule has 4 aromatic rings. The minimum atomic E-state index is -0.362. The molecule has 32 heavy (non-hydrogen) atoms. The molecule has 4 heterocycles. The molecular weight excluding hydrogens is 405 g/mol. The van der Waals surface area contributed by atoms with Crippen LogP contribution in [-0.2, 0) is 7.05 Å². The first-order valence-corrected chi connectivity index (χ1v) is 11.4. The van der Waals surface area contributed by atoms with E-state index >= 15 is 0 Å². The molecular formula is C24H34FN7. The lowest BCUT2D eigenvalue weighted by atomic mass is 10.2. The summed E-state index contributed by atoms with van der Waals surface area (Å²) in [5, 5.41) is 12.3. The maximum atomic E-state index is 14.4. The molecule has 172 valence electrons. The number of nitrogens with one attached hydrogen (secondary N) is 2. The van der Waals surface area contributed by atoms with Crippen molar-refractivity contribution in [3.8, 4) is 0 Å². The summed E-state index contributed by atoms with van der Waals surface area (Å²) < 4.78 is 17.9. The fraction of sp³-hybridized carbons (Fsp3) is 0.417. The molecule has 1 fully saturated rings. The van der Waals surface area contributed by atoms with Crippen molar-refractivity contribution in [2.24, 2.45) is 7.05 Å². The van der Waals surface area contributed by atoms with Crippen molar-refractivity contribution >= 4 is 33.7 Å². The number of rotatable bonds is 3. The van der Waals surface area contributed by atoms with Gasteiger partial charge in [-0.05, 0) is 25.1 Å². The first-order chi connectivity index (χ1) is 15.6. The summed E-state index contributed by atoms with van der Waals surface area (Å²) in [5.41, 5.74) is 3.98. The van der Waals surface area contributed by atoms with Gasteiger partial charge in [0, 0.05) is 62.8 Å². The highest BCUT2D eigenvalue weighted by atomic mass is 19.1. The standard InChI is InChI=1S/C20H22FN7.2C2H6/c1-13-11-28-12-14(9-17(21)20(28)23-13)24-19-16-4-3-15(10-18(16)26(2)25-19)27-7-5-22-6-8-27;2*1-2/h3-4,9-12,22H,5-8H2,1-2H3,(H,24,25);2*1-2H3. The Bertz CT molecular complexity index is 1170. The molecule has 0 saturated carbocycles. The molecule has 5 rings (SSSR count). The van der Waals surface area contributed by atoms with E-state index < -0.39 is 0 Å². The summed E-state index contributed by atoms with van der Waals surface area (Å²) in [6.07, 6.45) is 3.63. The summed E-state index contributed by atoms with van der Waals surface area (Å²) >= 11 is 0. The number of hydrogen-bond donors (Lipinski definition) is 2. The van der Waals surface area contributed by atoms with Crippen LogP contribution in [0.25, 0.3) is 16.6 Å². The quantitative estimate of drug-likeness (QED) is 0.477. The maximum absolute atomic E-state index is 14.4. The van der Waals surface area contributed by atoms with Crippen LogP contribution in [0.2, 0.25) is 0 Å². The average molecular weight is 440 g/mol. The molecule has 0 radical (unpaired) electrons. The number of halogens is 1. The van der Waals surface area contributed by atoms with E-state index in [1.54, 1.807) is 10.6 Å². The minimum Gasteiger partial charge on any atom is -0.369 e. The zero-order valence-electron chi connectivity index (χ0n) is 19.9. The number of benzene rings is 1. The average Bonchev–Trinajstić information content (AvgIpc) is 3.36. The van der Waals surface area contributed by atoms with Crippen LogP contribution in [0.15, 0.2) is 36.7 Å². The van der Waals surface area contributed by atoms with Crippen LogP contribution < -0.4 is 15.5 Å². The second-order valence-corrected chi connectivity index (χ2v) is 7.23. The number of hydrogen-bond acceptors (Lipinski definition) is 5. The topological polar surface area (TPSA) is 62.4 Å². The molecule has 2 N–H and O–H groups in total. The molecule has 3 aromatic heterocycles. The smallest absolute Gasteiger partial charge is 0.173 e. The Labute approximate surface area is 189 Å². The molecule has 1 aliphatic heterocycles. The number of aryl methyl sites for hydroxylation is 2. The van der Waals surface area contributed by atoms with Gasteiger partial charge in [-0.3, -0.25) is 4.68 Å². The summed E-state index contributed by atoms with van der Waals surface area (Å²) in [5.74, 6) is 0.347. The fourth-order valence-electron chi connectivity index (χ4n) is 3.84. The van der Waals surface area contributed by atoms with Crippen LogP contribution in [0.1, 0.15) is 33.4 Å². The third-order valence-corrected chi connectivity index (χ3v) is 5.21. The Balaban J connectivity index is 0.000000686. The maximum Gasteiger partial charge on any atom is 0.173 e. The van der Waals surface area contributed by atoms with Crippen molar-refractivity contribution < 1.29 is 4.39 Å². The zero-order valence-corrected chi connectivity index (χ0v) is 19.9. The molecule has 0 aliphatic carbocycles. The molecule has 7 nitrogen and oxygen atoms in total. The first-order valence-electron chi connectivity index (χ1n) is 11.4. The summed E-state index contributed by atoms with van der Waals surface area (Å²) in [6.45, 7) is 13.8. The van der Waals surface area contributed by atoms with Crippen LogP contribution in [0.4, 0.5) is 21.6 Å². The van der Waals surface area contributed by atoms with Crippen molar-refractivity contribution in [2.75, 3.05) is 36.4 Å². The SMILES string of the molecule is CC.CC.Cc1cn2cc(Nc3nn(C)c4cc(N5CCNCC5)ccc34)cc(F)c2n1. The van der Waals surface area contributed by atoms with E-state index in [0.29, 0.717) is 17.2 Å². The van der Waals surface area contributed by atoms with Gasteiger partial charge in [0.05, 0.1) is 16.9 Å². The number of fused-ring (bicyclic) bond motifs is 2. The van der Waals surface area contributed by atoms with Gasteiger partial charge in [0.25, 0.3) is 0 Å². The van der Waals surface area contributed by atoms with Gasteiger partial charge < -0.3 is 19.9 Å². The third kappa shape index (κ3) is 4.70. The number of anilines is 3. The lowest BCUT2D eigenvalue weighted by molar-refractivity contribution is 0.589. The van der Waals surface area contributed by atoms with Gasteiger partial charge >= 0.3 is 0 Å². The van der Waals surface area contributed by atoms with E-state index in [2.05, 4.69) is 43.8 Å². The largest absolute Gasteiger partial charge is 0.369 e. The van der Waals surface area contributed by atoms with Crippen LogP contribution >= 0.6 is 0 Å². The van der Waals surface area contributed by atoms with E-state index in [1.807, 2.05) is 52.5 Å². The lowest BCUT2D eigenvalue weighted by Gasteiger charge is -2.29. The summed E-state index contributed by atoms with van der Waals surface area (Å²) in [4.78, 5) is 6.58. The normalized spacial score (nSPS) is 13.4. The predicted molar refractivity (Wildman–Crippen MR) is 132 cm³/mol. The van der Waals surface area contributed by atoms with Gasteiger partial charge in [-0.1, -0.05) is 27.7 Å². The molecule has 0 atom stereocenters. The lowest BCUT2D eigenvalue weighted by Crippen LogP contribution is -2.43.